The summed E-state index contributed by atoms with van der Waals surface area (Å²) in [6.07, 6.45) is 4.02. The number of carbonyl (C=O) groups excluding carboxylic acids is 1. The molecule has 0 fully saturated rings. The molecule has 0 saturated carbocycles. The maximum absolute atomic E-state index is 12.0. The molecule has 1 heterocycles. The van der Waals surface area contributed by atoms with Crippen LogP contribution < -0.4 is 10.1 Å². The van der Waals surface area contributed by atoms with Crippen LogP contribution in [0.1, 0.15) is 16.1 Å². The molecule has 0 atom stereocenters. The summed E-state index contributed by atoms with van der Waals surface area (Å²) < 4.78 is 5.75. The van der Waals surface area contributed by atoms with Gasteiger partial charge in [-0.2, -0.15) is 0 Å². The van der Waals surface area contributed by atoms with Gasteiger partial charge < -0.3 is 4.74 Å². The third-order valence-corrected chi connectivity index (χ3v) is 4.86. The normalized spacial score (nSPS) is 10.9. The van der Waals surface area contributed by atoms with E-state index in [2.05, 4.69) is 31.4 Å². The van der Waals surface area contributed by atoms with Crippen molar-refractivity contribution in [3.8, 4) is 5.75 Å². The average Bonchev–Trinajstić information content (AvgIpc) is 3.13. The molecule has 0 aliphatic carbocycles. The van der Waals surface area contributed by atoms with E-state index < -0.39 is 0 Å². The van der Waals surface area contributed by atoms with Crippen LogP contribution in [0.2, 0.25) is 0 Å². The number of hydrogen-bond acceptors (Lipinski definition) is 5. The number of aromatic nitrogens is 2. The maximum atomic E-state index is 12.0. The summed E-state index contributed by atoms with van der Waals surface area (Å²) >= 11 is 4.73. The molecule has 1 amide bonds. The van der Waals surface area contributed by atoms with Crippen LogP contribution in [0, 0.1) is 0 Å². The summed E-state index contributed by atoms with van der Waals surface area (Å²) in [5, 5.41) is 12.9. The summed E-state index contributed by atoms with van der Waals surface area (Å²) in [5.41, 5.74) is 2.03. The second kappa shape index (κ2) is 9.99. The van der Waals surface area contributed by atoms with Gasteiger partial charge in [0.15, 0.2) is 0 Å². The van der Waals surface area contributed by atoms with Gasteiger partial charge in [-0.3, -0.25) is 10.1 Å². The largest absolute Gasteiger partial charge is 0.489 e. The lowest BCUT2D eigenvalue weighted by molar-refractivity contribution is -0.111. The van der Waals surface area contributed by atoms with Crippen molar-refractivity contribution in [3.63, 3.8) is 0 Å². The lowest BCUT2D eigenvalue weighted by Crippen LogP contribution is -2.07. The number of alkyl halides is 1. The highest BCUT2D eigenvalue weighted by molar-refractivity contribution is 9.09. The molecule has 0 radical (unpaired) electrons. The Kier molecular flexibility index (Phi) is 7.12. The van der Waals surface area contributed by atoms with E-state index in [4.69, 9.17) is 4.74 Å². The Bertz CT molecular complexity index is 895. The van der Waals surface area contributed by atoms with Crippen molar-refractivity contribution >= 4 is 44.4 Å². The Balaban J connectivity index is 1.50. The maximum Gasteiger partial charge on any atom is 0.250 e. The Labute approximate surface area is 170 Å². The number of carbonyl (C=O) groups is 1. The number of amides is 1. The molecule has 3 rings (SSSR count). The Hall–Kier alpha value is -2.51. The first-order valence-electron chi connectivity index (χ1n) is 8.37. The van der Waals surface area contributed by atoms with Crippen LogP contribution in [-0.2, 0) is 17.8 Å². The predicted molar refractivity (Wildman–Crippen MR) is 112 cm³/mol. The Morgan fingerprint density at radius 1 is 1.11 bits per heavy atom. The molecule has 0 spiro atoms. The van der Waals surface area contributed by atoms with Crippen LogP contribution in [0.15, 0.2) is 60.7 Å². The summed E-state index contributed by atoms with van der Waals surface area (Å²) in [4.78, 5) is 12.0. The molecule has 0 bridgehead atoms. The summed E-state index contributed by atoms with van der Waals surface area (Å²) in [6, 6.07) is 17.6. The SMILES string of the molecule is O=C(/C=C/c1ccc(OCc2ccccc2)cc1)Nc1nnc(CCBr)s1. The van der Waals surface area contributed by atoms with E-state index in [1.807, 2.05) is 54.6 Å². The lowest BCUT2D eigenvalue weighted by atomic mass is 10.2. The van der Waals surface area contributed by atoms with Gasteiger partial charge in [0.25, 0.3) is 0 Å². The molecule has 3 aromatic rings. The minimum atomic E-state index is -0.235. The number of halogens is 1. The molecule has 138 valence electrons. The van der Waals surface area contributed by atoms with Crippen LogP contribution in [0.3, 0.4) is 0 Å². The molecule has 1 aromatic heterocycles. The van der Waals surface area contributed by atoms with Gasteiger partial charge in [0.05, 0.1) is 0 Å². The molecule has 1 N–H and O–H groups in total. The highest BCUT2D eigenvalue weighted by Crippen LogP contribution is 2.17. The van der Waals surface area contributed by atoms with E-state index in [-0.39, 0.29) is 5.91 Å². The van der Waals surface area contributed by atoms with Crippen molar-refractivity contribution < 1.29 is 9.53 Å². The number of hydrogen-bond donors (Lipinski definition) is 1. The minimum absolute atomic E-state index is 0.235. The fourth-order valence-electron chi connectivity index (χ4n) is 2.22. The molecule has 0 saturated heterocycles. The molecule has 0 aliphatic heterocycles. The van der Waals surface area contributed by atoms with Crippen molar-refractivity contribution in [1.82, 2.24) is 10.2 Å². The number of ether oxygens (including phenoxy) is 1. The zero-order valence-corrected chi connectivity index (χ0v) is 16.9. The molecule has 0 unspecified atom stereocenters. The average molecular weight is 444 g/mol. The van der Waals surface area contributed by atoms with Gasteiger partial charge in [-0.15, -0.1) is 10.2 Å². The predicted octanol–water partition coefficient (Wildman–Crippen LogP) is 4.71. The van der Waals surface area contributed by atoms with Crippen molar-refractivity contribution in [2.45, 2.75) is 13.0 Å². The third-order valence-electron chi connectivity index (χ3n) is 3.56. The van der Waals surface area contributed by atoms with Crippen LogP contribution in [-0.4, -0.2) is 21.4 Å². The van der Waals surface area contributed by atoms with Crippen LogP contribution in [0.5, 0.6) is 5.75 Å². The molecule has 2 aromatic carbocycles. The first kappa shape index (κ1) is 19.3. The Morgan fingerprint density at radius 3 is 2.63 bits per heavy atom. The number of benzene rings is 2. The quantitative estimate of drug-likeness (QED) is 0.404. The summed E-state index contributed by atoms with van der Waals surface area (Å²) in [7, 11) is 0. The van der Waals surface area contributed by atoms with Gasteiger partial charge >= 0.3 is 0 Å². The molecular formula is C20H18BrN3O2S. The number of rotatable bonds is 8. The van der Waals surface area contributed by atoms with E-state index in [1.54, 1.807) is 6.08 Å². The highest BCUT2D eigenvalue weighted by Gasteiger charge is 2.05. The number of nitrogens with zero attached hydrogens (tertiary/aromatic N) is 2. The van der Waals surface area contributed by atoms with Gasteiger partial charge in [0.2, 0.25) is 11.0 Å². The van der Waals surface area contributed by atoms with Gasteiger partial charge in [-0.25, -0.2) is 0 Å². The smallest absolute Gasteiger partial charge is 0.250 e. The molecule has 5 nitrogen and oxygen atoms in total. The van der Waals surface area contributed by atoms with E-state index >= 15 is 0 Å². The van der Waals surface area contributed by atoms with Gasteiger partial charge in [-0.05, 0) is 29.3 Å². The summed E-state index contributed by atoms with van der Waals surface area (Å²) in [5.74, 6) is 0.551. The standard InChI is InChI=1S/C20H18BrN3O2S/c21-13-12-19-23-24-20(27-19)22-18(25)11-8-15-6-9-17(10-7-15)26-14-16-4-2-1-3-5-16/h1-11H,12-14H2,(H,22,24,25)/b11-8+. The zero-order chi connectivity index (χ0) is 18.9. The van der Waals surface area contributed by atoms with Crippen molar-refractivity contribution in [3.05, 3.63) is 76.8 Å². The van der Waals surface area contributed by atoms with Gasteiger partial charge in [0, 0.05) is 17.8 Å². The number of nitrogens with one attached hydrogen (secondary N) is 1. The first-order valence-corrected chi connectivity index (χ1v) is 10.3. The van der Waals surface area contributed by atoms with Gasteiger partial charge in [-0.1, -0.05) is 69.7 Å². The van der Waals surface area contributed by atoms with E-state index in [0.29, 0.717) is 11.7 Å². The van der Waals surface area contributed by atoms with Crippen molar-refractivity contribution in [1.29, 1.82) is 0 Å². The molecule has 27 heavy (non-hydrogen) atoms. The van der Waals surface area contributed by atoms with Crippen LogP contribution in [0.4, 0.5) is 5.13 Å². The van der Waals surface area contributed by atoms with E-state index in [1.165, 1.54) is 17.4 Å². The van der Waals surface area contributed by atoms with E-state index in [9.17, 15) is 4.79 Å². The topological polar surface area (TPSA) is 64.1 Å². The fraction of sp³-hybridized carbons (Fsp3) is 0.150. The van der Waals surface area contributed by atoms with Crippen molar-refractivity contribution in [2.24, 2.45) is 0 Å². The molecule has 7 heteroatoms. The first-order chi connectivity index (χ1) is 13.2. The molecular weight excluding hydrogens is 426 g/mol. The van der Waals surface area contributed by atoms with E-state index in [0.717, 1.165) is 33.6 Å². The zero-order valence-electron chi connectivity index (χ0n) is 14.5. The second-order valence-electron chi connectivity index (χ2n) is 5.61. The monoisotopic (exact) mass is 443 g/mol. The van der Waals surface area contributed by atoms with Crippen LogP contribution >= 0.6 is 27.3 Å². The Morgan fingerprint density at radius 2 is 1.89 bits per heavy atom. The molecule has 0 aliphatic rings. The third kappa shape index (κ3) is 6.30. The minimum Gasteiger partial charge on any atom is -0.489 e. The highest BCUT2D eigenvalue weighted by atomic mass is 79.9. The van der Waals surface area contributed by atoms with Crippen molar-refractivity contribution in [2.75, 3.05) is 10.6 Å². The number of anilines is 1. The fourth-order valence-corrected chi connectivity index (χ4v) is 3.60. The second-order valence-corrected chi connectivity index (χ2v) is 7.46. The van der Waals surface area contributed by atoms with Gasteiger partial charge in [0.1, 0.15) is 17.4 Å². The number of aryl methyl sites for hydroxylation is 1. The van der Waals surface area contributed by atoms with Crippen LogP contribution in [0.25, 0.3) is 6.08 Å². The lowest BCUT2D eigenvalue weighted by Gasteiger charge is -2.06. The summed E-state index contributed by atoms with van der Waals surface area (Å²) in [6.45, 7) is 0.525.